The molecule has 0 spiro atoms. The van der Waals surface area contributed by atoms with Gasteiger partial charge in [0.25, 0.3) is 5.91 Å². The molecule has 6 nitrogen and oxygen atoms in total. The maximum atomic E-state index is 11.9. The molecule has 0 radical (unpaired) electrons. The number of fused-ring (bicyclic) bond motifs is 1. The zero-order chi connectivity index (χ0) is 13.0. The van der Waals surface area contributed by atoms with E-state index in [1.807, 2.05) is 20.0 Å². The van der Waals surface area contributed by atoms with Gasteiger partial charge in [0.2, 0.25) is 0 Å². The highest BCUT2D eigenvalue weighted by atomic mass is 16.1. The smallest absolute Gasteiger partial charge is 0.251 e. The second kappa shape index (κ2) is 5.59. The molecule has 1 amide bonds. The third-order valence-electron chi connectivity index (χ3n) is 2.71. The van der Waals surface area contributed by atoms with Crippen molar-refractivity contribution in [1.82, 2.24) is 25.6 Å². The topological polar surface area (TPSA) is 71.8 Å². The molecule has 1 aromatic heterocycles. The minimum atomic E-state index is -0.0829. The minimum Gasteiger partial charge on any atom is -0.351 e. The molecule has 0 fully saturated rings. The number of nitrogens with one attached hydrogen (secondary N) is 2. The summed E-state index contributed by atoms with van der Waals surface area (Å²) in [6.07, 6.45) is 0. The lowest BCUT2D eigenvalue weighted by atomic mass is 10.2. The van der Waals surface area contributed by atoms with Gasteiger partial charge in [0, 0.05) is 25.7 Å². The van der Waals surface area contributed by atoms with Gasteiger partial charge in [-0.3, -0.25) is 4.79 Å². The van der Waals surface area contributed by atoms with Crippen molar-refractivity contribution in [3.8, 4) is 0 Å². The second-order valence-electron chi connectivity index (χ2n) is 4.03. The monoisotopic (exact) mass is 247 g/mol. The van der Waals surface area contributed by atoms with E-state index in [0.717, 1.165) is 24.1 Å². The van der Waals surface area contributed by atoms with E-state index in [1.165, 1.54) is 0 Å². The fourth-order valence-electron chi connectivity index (χ4n) is 1.73. The SMILES string of the molecule is CCNCCNC(=O)c1ccc2c(c1)nnn2C. The number of likely N-dealkylation sites (N-methyl/N-ethyl adjacent to an activating group) is 1. The number of aromatic nitrogens is 3. The molecule has 2 aromatic rings. The molecule has 1 aromatic carbocycles. The number of amides is 1. The average Bonchev–Trinajstić information content (AvgIpc) is 2.76. The number of carbonyl (C=O) groups is 1. The molecule has 0 saturated heterocycles. The van der Waals surface area contributed by atoms with Gasteiger partial charge in [0.1, 0.15) is 5.52 Å². The van der Waals surface area contributed by atoms with Crippen LogP contribution < -0.4 is 10.6 Å². The first-order valence-electron chi connectivity index (χ1n) is 6.00. The van der Waals surface area contributed by atoms with Crippen molar-refractivity contribution < 1.29 is 4.79 Å². The van der Waals surface area contributed by atoms with E-state index < -0.39 is 0 Å². The normalized spacial score (nSPS) is 10.8. The molecule has 0 atom stereocenters. The summed E-state index contributed by atoms with van der Waals surface area (Å²) in [6.45, 7) is 4.33. The molecule has 1 heterocycles. The van der Waals surface area contributed by atoms with Gasteiger partial charge in [-0.15, -0.1) is 5.10 Å². The van der Waals surface area contributed by atoms with Gasteiger partial charge in [0.05, 0.1) is 5.52 Å². The fourth-order valence-corrected chi connectivity index (χ4v) is 1.73. The summed E-state index contributed by atoms with van der Waals surface area (Å²) in [5.41, 5.74) is 2.26. The summed E-state index contributed by atoms with van der Waals surface area (Å²) < 4.78 is 1.68. The first-order chi connectivity index (χ1) is 8.72. The van der Waals surface area contributed by atoms with Gasteiger partial charge in [-0.1, -0.05) is 12.1 Å². The Morgan fingerprint density at radius 2 is 2.22 bits per heavy atom. The van der Waals surface area contributed by atoms with Gasteiger partial charge in [0.15, 0.2) is 0 Å². The maximum Gasteiger partial charge on any atom is 0.251 e. The average molecular weight is 247 g/mol. The van der Waals surface area contributed by atoms with E-state index in [1.54, 1.807) is 16.8 Å². The van der Waals surface area contributed by atoms with Crippen LogP contribution in [0.15, 0.2) is 18.2 Å². The molecule has 0 aliphatic rings. The number of benzene rings is 1. The van der Waals surface area contributed by atoms with Crippen molar-refractivity contribution in [2.45, 2.75) is 6.92 Å². The third-order valence-corrected chi connectivity index (χ3v) is 2.71. The third kappa shape index (κ3) is 2.65. The van der Waals surface area contributed by atoms with Crippen molar-refractivity contribution in [2.75, 3.05) is 19.6 Å². The van der Waals surface area contributed by atoms with Crippen molar-refractivity contribution in [2.24, 2.45) is 7.05 Å². The number of hydrogen-bond acceptors (Lipinski definition) is 4. The number of hydrogen-bond donors (Lipinski definition) is 2. The van der Waals surface area contributed by atoms with Crippen LogP contribution in [0, 0.1) is 0 Å². The van der Waals surface area contributed by atoms with Crippen LogP contribution in [0.4, 0.5) is 0 Å². The molecule has 6 heteroatoms. The summed E-state index contributed by atoms with van der Waals surface area (Å²) in [7, 11) is 1.82. The standard InChI is InChI=1S/C12H17N5O/c1-3-13-6-7-14-12(18)9-4-5-11-10(8-9)15-16-17(11)2/h4-5,8,13H,3,6-7H2,1-2H3,(H,14,18). The van der Waals surface area contributed by atoms with Crippen LogP contribution in [-0.2, 0) is 7.05 Å². The van der Waals surface area contributed by atoms with Crippen LogP contribution >= 0.6 is 0 Å². The molecule has 0 aliphatic heterocycles. The van der Waals surface area contributed by atoms with E-state index in [-0.39, 0.29) is 5.91 Å². The van der Waals surface area contributed by atoms with Crippen LogP contribution in [0.5, 0.6) is 0 Å². The lowest BCUT2D eigenvalue weighted by Crippen LogP contribution is -2.31. The Balaban J connectivity index is 2.04. The maximum absolute atomic E-state index is 11.9. The summed E-state index contributed by atoms with van der Waals surface area (Å²) >= 11 is 0. The Morgan fingerprint density at radius 3 is 3.00 bits per heavy atom. The molecular weight excluding hydrogens is 230 g/mol. The molecule has 0 unspecified atom stereocenters. The Morgan fingerprint density at radius 1 is 1.39 bits per heavy atom. The van der Waals surface area contributed by atoms with Crippen LogP contribution in [-0.4, -0.2) is 40.5 Å². The lowest BCUT2D eigenvalue weighted by Gasteiger charge is -2.05. The second-order valence-corrected chi connectivity index (χ2v) is 4.03. The Kier molecular flexibility index (Phi) is 3.88. The molecule has 2 rings (SSSR count). The summed E-state index contributed by atoms with van der Waals surface area (Å²) in [5.74, 6) is -0.0829. The summed E-state index contributed by atoms with van der Waals surface area (Å²) in [5, 5.41) is 13.9. The first kappa shape index (κ1) is 12.5. The van der Waals surface area contributed by atoms with E-state index in [4.69, 9.17) is 0 Å². The van der Waals surface area contributed by atoms with Gasteiger partial charge in [-0.05, 0) is 24.7 Å². The van der Waals surface area contributed by atoms with Crippen molar-refractivity contribution in [3.63, 3.8) is 0 Å². The Labute approximate surface area is 105 Å². The summed E-state index contributed by atoms with van der Waals surface area (Å²) in [6, 6.07) is 5.40. The van der Waals surface area contributed by atoms with E-state index in [2.05, 4.69) is 20.9 Å². The molecule has 0 bridgehead atoms. The predicted octanol–water partition coefficient (Wildman–Crippen LogP) is 0.308. The lowest BCUT2D eigenvalue weighted by molar-refractivity contribution is 0.0954. The van der Waals surface area contributed by atoms with Gasteiger partial charge < -0.3 is 10.6 Å². The van der Waals surface area contributed by atoms with Crippen molar-refractivity contribution in [3.05, 3.63) is 23.8 Å². The highest BCUT2D eigenvalue weighted by Crippen LogP contribution is 2.12. The zero-order valence-electron chi connectivity index (χ0n) is 10.6. The number of aryl methyl sites for hydroxylation is 1. The van der Waals surface area contributed by atoms with E-state index >= 15 is 0 Å². The van der Waals surface area contributed by atoms with Crippen LogP contribution in [0.25, 0.3) is 11.0 Å². The molecule has 2 N–H and O–H groups in total. The predicted molar refractivity (Wildman–Crippen MR) is 69.4 cm³/mol. The number of nitrogens with zero attached hydrogens (tertiary/aromatic N) is 3. The molecule has 0 aliphatic carbocycles. The van der Waals surface area contributed by atoms with E-state index in [0.29, 0.717) is 12.1 Å². The molecular formula is C12H17N5O. The van der Waals surface area contributed by atoms with Crippen molar-refractivity contribution in [1.29, 1.82) is 0 Å². The van der Waals surface area contributed by atoms with Gasteiger partial charge >= 0.3 is 0 Å². The van der Waals surface area contributed by atoms with Crippen molar-refractivity contribution >= 4 is 16.9 Å². The molecule has 96 valence electrons. The quantitative estimate of drug-likeness (QED) is 0.746. The van der Waals surface area contributed by atoms with Crippen LogP contribution in [0.2, 0.25) is 0 Å². The largest absolute Gasteiger partial charge is 0.351 e. The summed E-state index contributed by atoms with van der Waals surface area (Å²) in [4.78, 5) is 11.9. The highest BCUT2D eigenvalue weighted by Gasteiger charge is 2.08. The van der Waals surface area contributed by atoms with Gasteiger partial charge in [-0.25, -0.2) is 4.68 Å². The Bertz CT molecular complexity index is 548. The number of carbonyl (C=O) groups excluding carboxylic acids is 1. The number of rotatable bonds is 5. The Hall–Kier alpha value is -1.95. The van der Waals surface area contributed by atoms with Gasteiger partial charge in [-0.2, -0.15) is 0 Å². The molecule has 0 saturated carbocycles. The zero-order valence-corrected chi connectivity index (χ0v) is 10.6. The van der Waals surface area contributed by atoms with Crippen LogP contribution in [0.3, 0.4) is 0 Å². The van der Waals surface area contributed by atoms with E-state index in [9.17, 15) is 4.79 Å². The minimum absolute atomic E-state index is 0.0829. The first-order valence-corrected chi connectivity index (χ1v) is 6.00. The molecule has 18 heavy (non-hydrogen) atoms. The highest BCUT2D eigenvalue weighted by molar-refractivity contribution is 5.97. The fraction of sp³-hybridized carbons (Fsp3) is 0.417. The van der Waals surface area contributed by atoms with Crippen LogP contribution in [0.1, 0.15) is 17.3 Å².